The lowest BCUT2D eigenvalue weighted by atomic mass is 10.0. The number of fused-ring (bicyclic) bond motifs is 1. The Bertz CT molecular complexity index is 311. The Labute approximate surface area is 146 Å². The number of likely N-dealkylation sites (tertiary alicyclic amines) is 2. The molecule has 8 heteroatoms. The Morgan fingerprint density at radius 3 is 1.91 bits per heavy atom. The van der Waals surface area contributed by atoms with Gasteiger partial charge in [0.15, 0.2) is 0 Å². The van der Waals surface area contributed by atoms with E-state index in [4.69, 9.17) is 9.84 Å². The number of aliphatic hydroxyl groups excluding tert-OH is 1. The van der Waals surface area contributed by atoms with Crippen LogP contribution in [0.25, 0.3) is 0 Å². The van der Waals surface area contributed by atoms with Crippen LogP contribution in [-0.4, -0.2) is 83.1 Å². The highest BCUT2D eigenvalue weighted by atomic mass is 32.1. The second kappa shape index (κ2) is 11.9. The highest BCUT2D eigenvalue weighted by molar-refractivity contribution is 7.79. The average Bonchev–Trinajstić information content (AvgIpc) is 2.87. The van der Waals surface area contributed by atoms with Crippen molar-refractivity contribution in [3.8, 4) is 0 Å². The highest BCUT2D eigenvalue weighted by Gasteiger charge is 2.42. The summed E-state index contributed by atoms with van der Waals surface area (Å²) in [5.74, 6) is 1.09. The number of carbonyl (C=O) groups excluding carboxylic acids is 1. The van der Waals surface area contributed by atoms with Crippen molar-refractivity contribution in [3.05, 3.63) is 0 Å². The van der Waals surface area contributed by atoms with Crippen molar-refractivity contribution in [2.45, 2.75) is 33.8 Å². The second-order valence-electron chi connectivity index (χ2n) is 6.39. The van der Waals surface area contributed by atoms with Gasteiger partial charge in [-0.15, -0.1) is 0 Å². The third kappa shape index (κ3) is 8.21. The minimum absolute atomic E-state index is 0. The van der Waals surface area contributed by atoms with Gasteiger partial charge in [-0.3, -0.25) is 0 Å². The molecule has 2 atom stereocenters. The molecule has 0 radical (unpaired) electrons. The molecule has 0 bridgehead atoms. The predicted molar refractivity (Wildman–Crippen MR) is 97.2 cm³/mol. The zero-order valence-electron chi connectivity index (χ0n) is 14.0. The summed E-state index contributed by atoms with van der Waals surface area (Å²) < 4.78 is 5.39. The predicted octanol–water partition coefficient (Wildman–Crippen LogP) is 0.310. The smallest absolute Gasteiger partial charge is 0.410 e. The van der Waals surface area contributed by atoms with Gasteiger partial charge in [0.1, 0.15) is 5.60 Å². The fourth-order valence-corrected chi connectivity index (χ4v) is 2.89. The maximum absolute atomic E-state index is 11.9. The molecule has 2 aliphatic heterocycles. The van der Waals surface area contributed by atoms with Crippen LogP contribution in [0.2, 0.25) is 0 Å². The van der Waals surface area contributed by atoms with E-state index in [0.29, 0.717) is 11.8 Å². The normalized spacial score (nSPS) is 22.6. The molecule has 0 aliphatic carbocycles. The molecular formula is C15H36N2O5S. The fourth-order valence-electron chi connectivity index (χ4n) is 2.89. The molecule has 0 aromatic carbocycles. The van der Waals surface area contributed by atoms with Gasteiger partial charge in [0, 0.05) is 32.7 Å². The molecule has 5 N–H and O–H groups in total. The largest absolute Gasteiger partial charge is 0.444 e. The summed E-state index contributed by atoms with van der Waals surface area (Å²) in [4.78, 5) is 16.1. The fraction of sp³-hybridized carbons (Fsp3) is 0.933. The summed E-state index contributed by atoms with van der Waals surface area (Å²) in [5, 5.41) is 8.93. The number of rotatable bonds is 2. The average molecular weight is 357 g/mol. The topological polar surface area (TPSA) is 116 Å². The molecule has 2 aliphatic rings. The van der Waals surface area contributed by atoms with Crippen molar-refractivity contribution in [2.75, 3.05) is 45.6 Å². The summed E-state index contributed by atoms with van der Waals surface area (Å²) in [6.45, 7) is 10.2. The third-order valence-electron chi connectivity index (χ3n) is 3.63. The molecule has 0 aromatic rings. The molecule has 0 saturated carbocycles. The van der Waals surface area contributed by atoms with E-state index in [1.54, 1.807) is 6.26 Å². The second-order valence-corrected chi connectivity index (χ2v) is 6.39. The van der Waals surface area contributed by atoms with Crippen molar-refractivity contribution in [3.63, 3.8) is 0 Å². The Kier molecular flexibility index (Phi) is 14.1. The first-order valence-corrected chi connectivity index (χ1v) is 8.04. The summed E-state index contributed by atoms with van der Waals surface area (Å²) >= 11 is 3.53. The zero-order valence-corrected chi connectivity index (χ0v) is 14.9. The quantitative estimate of drug-likeness (QED) is 0.693. The van der Waals surface area contributed by atoms with Crippen LogP contribution in [0.15, 0.2) is 0 Å². The summed E-state index contributed by atoms with van der Waals surface area (Å²) in [6.07, 6.45) is 1.51. The number of carbonyl (C=O) groups is 1. The summed E-state index contributed by atoms with van der Waals surface area (Å²) in [7, 11) is 0. The van der Waals surface area contributed by atoms with E-state index < -0.39 is 5.60 Å². The minimum atomic E-state index is -0.419. The van der Waals surface area contributed by atoms with Gasteiger partial charge in [0.05, 0.1) is 6.61 Å². The number of hydrogen-bond acceptors (Lipinski definition) is 5. The monoisotopic (exact) mass is 356 g/mol. The number of aliphatic hydroxyl groups is 1. The number of hydrogen-bond donors (Lipinski definition) is 2. The molecule has 0 unspecified atom stereocenters. The van der Waals surface area contributed by atoms with Crippen LogP contribution in [-0.2, 0) is 4.74 Å². The lowest BCUT2D eigenvalue weighted by molar-refractivity contribution is 0.0273. The molecule has 142 valence electrons. The van der Waals surface area contributed by atoms with Crippen molar-refractivity contribution in [2.24, 2.45) is 11.8 Å². The third-order valence-corrected chi connectivity index (χ3v) is 3.63. The summed E-state index contributed by atoms with van der Waals surface area (Å²) in [5.41, 5.74) is -0.419. The molecule has 0 spiro atoms. The van der Waals surface area contributed by atoms with Crippen molar-refractivity contribution >= 4 is 18.7 Å². The molecule has 0 aromatic heterocycles. The van der Waals surface area contributed by atoms with Crippen LogP contribution in [0.4, 0.5) is 4.79 Å². The van der Waals surface area contributed by atoms with E-state index in [2.05, 4.69) is 17.5 Å². The molecule has 7 nitrogen and oxygen atoms in total. The van der Waals surface area contributed by atoms with Crippen LogP contribution >= 0.6 is 12.6 Å². The van der Waals surface area contributed by atoms with Gasteiger partial charge in [-0.1, -0.05) is 7.43 Å². The van der Waals surface area contributed by atoms with E-state index in [0.717, 1.165) is 32.7 Å². The van der Waals surface area contributed by atoms with Gasteiger partial charge in [-0.2, -0.15) is 12.6 Å². The van der Waals surface area contributed by atoms with E-state index in [9.17, 15) is 4.79 Å². The van der Waals surface area contributed by atoms with Crippen LogP contribution in [0.1, 0.15) is 28.2 Å². The zero-order chi connectivity index (χ0) is 15.3. The Balaban J connectivity index is -0.000000770. The molecule has 2 saturated heterocycles. The lowest BCUT2D eigenvalue weighted by Gasteiger charge is -2.25. The molecule has 2 heterocycles. The Morgan fingerprint density at radius 2 is 1.57 bits per heavy atom. The SMILES string of the molecule is C.CC(C)(C)OC(=O)N1C[C@H]2CN(CCO)C[C@H]2C1.CS.O.O. The van der Waals surface area contributed by atoms with Gasteiger partial charge in [0.2, 0.25) is 0 Å². The molecule has 23 heavy (non-hydrogen) atoms. The lowest BCUT2D eigenvalue weighted by Crippen LogP contribution is -2.37. The van der Waals surface area contributed by atoms with E-state index in [1.165, 1.54) is 0 Å². The number of amides is 1. The van der Waals surface area contributed by atoms with Gasteiger partial charge in [-0.25, -0.2) is 4.79 Å². The van der Waals surface area contributed by atoms with Gasteiger partial charge in [0.25, 0.3) is 0 Å². The van der Waals surface area contributed by atoms with Gasteiger partial charge in [-0.05, 0) is 38.9 Å². The maximum atomic E-state index is 11.9. The van der Waals surface area contributed by atoms with E-state index in [-0.39, 0.29) is 31.1 Å². The number of nitrogens with zero attached hydrogens (tertiary/aromatic N) is 2. The van der Waals surface area contributed by atoms with Crippen molar-refractivity contribution in [1.82, 2.24) is 9.80 Å². The molecular weight excluding hydrogens is 320 g/mol. The van der Waals surface area contributed by atoms with Crippen LogP contribution < -0.4 is 0 Å². The molecule has 2 rings (SSSR count). The van der Waals surface area contributed by atoms with Gasteiger partial charge < -0.3 is 30.6 Å². The van der Waals surface area contributed by atoms with Crippen LogP contribution in [0.3, 0.4) is 0 Å². The van der Waals surface area contributed by atoms with Crippen LogP contribution in [0, 0.1) is 11.8 Å². The molecule has 1 amide bonds. The molecule has 2 fully saturated rings. The van der Waals surface area contributed by atoms with Crippen LogP contribution in [0.5, 0.6) is 0 Å². The van der Waals surface area contributed by atoms with Gasteiger partial charge >= 0.3 is 6.09 Å². The Hall–Kier alpha value is -0.540. The van der Waals surface area contributed by atoms with Crippen molar-refractivity contribution < 1.29 is 25.6 Å². The van der Waals surface area contributed by atoms with E-state index in [1.807, 2.05) is 25.7 Å². The first-order chi connectivity index (χ1) is 9.39. The minimum Gasteiger partial charge on any atom is -0.444 e. The van der Waals surface area contributed by atoms with E-state index >= 15 is 0 Å². The first-order valence-electron chi connectivity index (χ1n) is 7.15. The standard InChI is InChI=1S/C13H24N2O3.CH4S.CH4.2H2O/c1-13(2,3)18-12(17)15-8-10-6-14(4-5-16)7-11(10)9-15;1-2;;;/h10-11,16H,4-9H2,1-3H3;2H,1H3;1H4;2*1H2/t10-,11+;;;;. The number of thiol groups is 1. The first kappa shape index (κ1) is 27.3. The highest BCUT2D eigenvalue weighted by Crippen LogP contribution is 2.31. The maximum Gasteiger partial charge on any atom is 0.410 e. The van der Waals surface area contributed by atoms with Crippen molar-refractivity contribution in [1.29, 1.82) is 0 Å². The summed E-state index contributed by atoms with van der Waals surface area (Å²) in [6, 6.07) is 0. The Morgan fingerprint density at radius 1 is 1.13 bits per heavy atom. The number of β-amino-alcohol motifs (C(OH)–C–C–N with tert-alkyl or cyclic N) is 1. The number of ether oxygens (including phenoxy) is 1.